The zero-order chi connectivity index (χ0) is 12.4. The van der Waals surface area contributed by atoms with Gasteiger partial charge >= 0.3 is 5.97 Å². The first kappa shape index (κ1) is 11.6. The lowest BCUT2D eigenvalue weighted by atomic mass is 10.0. The minimum atomic E-state index is -0.963. The molecule has 1 aromatic carbocycles. The van der Waals surface area contributed by atoms with Gasteiger partial charge in [-0.1, -0.05) is 12.1 Å². The van der Waals surface area contributed by atoms with Crippen molar-refractivity contribution in [1.29, 1.82) is 0 Å². The highest BCUT2D eigenvalue weighted by Gasteiger charge is 2.13. The number of para-hydroxylation sites is 1. The summed E-state index contributed by atoms with van der Waals surface area (Å²) in [6.45, 7) is -0.0920. The van der Waals surface area contributed by atoms with Crippen molar-refractivity contribution < 1.29 is 15.0 Å². The zero-order valence-corrected chi connectivity index (χ0v) is 9.18. The number of carbonyl (C=O) groups is 1. The maximum Gasteiger partial charge on any atom is 0.337 e. The summed E-state index contributed by atoms with van der Waals surface area (Å²) in [6, 6.07) is 4.77. The molecule has 0 bridgehead atoms. The molecule has 17 heavy (non-hydrogen) atoms. The molecule has 5 nitrogen and oxygen atoms in total. The summed E-state index contributed by atoms with van der Waals surface area (Å²) in [5.74, 6) is -0.963. The monoisotopic (exact) mass is 234 g/mol. The molecule has 0 aliphatic heterocycles. The van der Waals surface area contributed by atoms with Gasteiger partial charge in [-0.25, -0.2) is 4.79 Å². The molecule has 90 valence electrons. The Bertz CT molecular complexity index is 548. The van der Waals surface area contributed by atoms with Crippen LogP contribution in [0.5, 0.6) is 0 Å². The lowest BCUT2D eigenvalue weighted by Crippen LogP contribution is -2.26. The van der Waals surface area contributed by atoms with Crippen molar-refractivity contribution in [3.8, 4) is 0 Å². The van der Waals surface area contributed by atoms with Crippen molar-refractivity contribution in [1.82, 2.24) is 4.98 Å². The number of aromatic carboxylic acids is 1. The molecule has 2 aromatic rings. The molecule has 0 spiro atoms. The summed E-state index contributed by atoms with van der Waals surface area (Å²) in [5.41, 5.74) is 7.43. The normalized spacial score (nSPS) is 12.8. The van der Waals surface area contributed by atoms with Gasteiger partial charge in [0, 0.05) is 17.6 Å². The van der Waals surface area contributed by atoms with E-state index in [9.17, 15) is 4.79 Å². The summed E-state index contributed by atoms with van der Waals surface area (Å²) in [5, 5.41) is 18.8. The van der Waals surface area contributed by atoms with E-state index in [0.717, 1.165) is 10.9 Å². The van der Waals surface area contributed by atoms with Gasteiger partial charge in [-0.05, 0) is 18.1 Å². The van der Waals surface area contributed by atoms with Crippen LogP contribution >= 0.6 is 0 Å². The molecule has 0 saturated carbocycles. The number of carboxylic acid groups (broad SMARTS) is 1. The first-order chi connectivity index (χ1) is 8.13. The van der Waals surface area contributed by atoms with Gasteiger partial charge < -0.3 is 20.9 Å². The number of aliphatic hydroxyl groups is 1. The van der Waals surface area contributed by atoms with Crippen molar-refractivity contribution in [2.24, 2.45) is 5.73 Å². The number of nitrogens with two attached hydrogens (primary N) is 1. The van der Waals surface area contributed by atoms with E-state index in [2.05, 4.69) is 4.98 Å². The number of benzene rings is 1. The van der Waals surface area contributed by atoms with Gasteiger partial charge in [0.2, 0.25) is 0 Å². The maximum atomic E-state index is 11.0. The molecule has 0 fully saturated rings. The standard InChI is InChI=1S/C12H14N2O3/c13-8(6-15)4-7-5-14-11-9(7)2-1-3-10(11)12(16)17/h1-3,5,8,14-15H,4,6,13H2,(H,16,17). The predicted octanol–water partition coefficient (Wildman–Crippen LogP) is 0.728. The quantitative estimate of drug-likeness (QED) is 0.626. The van der Waals surface area contributed by atoms with Gasteiger partial charge in [0.1, 0.15) is 0 Å². The lowest BCUT2D eigenvalue weighted by molar-refractivity contribution is 0.0699. The number of H-pyrrole nitrogens is 1. The fourth-order valence-electron chi connectivity index (χ4n) is 1.91. The fourth-order valence-corrected chi connectivity index (χ4v) is 1.91. The van der Waals surface area contributed by atoms with E-state index in [1.807, 2.05) is 6.07 Å². The molecule has 0 aliphatic carbocycles. The van der Waals surface area contributed by atoms with Crippen LogP contribution in [0.15, 0.2) is 24.4 Å². The van der Waals surface area contributed by atoms with Crippen molar-refractivity contribution in [3.05, 3.63) is 35.5 Å². The van der Waals surface area contributed by atoms with Crippen molar-refractivity contribution in [2.45, 2.75) is 12.5 Å². The minimum Gasteiger partial charge on any atom is -0.478 e. The largest absolute Gasteiger partial charge is 0.478 e. The lowest BCUT2D eigenvalue weighted by Gasteiger charge is -2.06. The van der Waals surface area contributed by atoms with E-state index in [1.54, 1.807) is 18.3 Å². The number of carboxylic acids is 1. The Morgan fingerprint density at radius 2 is 2.24 bits per heavy atom. The van der Waals surface area contributed by atoms with E-state index in [1.165, 1.54) is 0 Å². The fraction of sp³-hybridized carbons (Fsp3) is 0.250. The third kappa shape index (κ3) is 2.15. The second-order valence-electron chi connectivity index (χ2n) is 3.99. The Hall–Kier alpha value is -1.85. The minimum absolute atomic E-state index is 0.0920. The van der Waals surface area contributed by atoms with Gasteiger partial charge in [0.15, 0.2) is 0 Å². The van der Waals surface area contributed by atoms with E-state index in [-0.39, 0.29) is 18.2 Å². The second kappa shape index (κ2) is 4.57. The van der Waals surface area contributed by atoms with E-state index in [0.29, 0.717) is 11.9 Å². The number of nitrogens with one attached hydrogen (secondary N) is 1. The SMILES string of the molecule is NC(CO)Cc1c[nH]c2c(C(=O)O)cccc12. The highest BCUT2D eigenvalue weighted by molar-refractivity contribution is 6.02. The first-order valence-corrected chi connectivity index (χ1v) is 5.32. The number of aromatic nitrogens is 1. The van der Waals surface area contributed by atoms with Gasteiger partial charge in [0.25, 0.3) is 0 Å². The average molecular weight is 234 g/mol. The Kier molecular flexibility index (Phi) is 3.12. The van der Waals surface area contributed by atoms with E-state index < -0.39 is 5.97 Å². The van der Waals surface area contributed by atoms with Crippen molar-refractivity contribution in [2.75, 3.05) is 6.61 Å². The van der Waals surface area contributed by atoms with Gasteiger partial charge in [-0.15, -0.1) is 0 Å². The molecule has 1 unspecified atom stereocenters. The summed E-state index contributed by atoms with van der Waals surface area (Å²) >= 11 is 0. The molecular weight excluding hydrogens is 220 g/mol. The van der Waals surface area contributed by atoms with Gasteiger partial charge in [-0.3, -0.25) is 0 Å². The van der Waals surface area contributed by atoms with Gasteiger partial charge in [-0.2, -0.15) is 0 Å². The maximum absolute atomic E-state index is 11.0. The molecule has 0 radical (unpaired) electrons. The molecule has 1 aromatic heterocycles. The van der Waals surface area contributed by atoms with E-state index in [4.69, 9.17) is 15.9 Å². The van der Waals surface area contributed by atoms with Crippen LogP contribution in [0.1, 0.15) is 15.9 Å². The summed E-state index contributed by atoms with van der Waals surface area (Å²) in [6.07, 6.45) is 2.26. The summed E-state index contributed by atoms with van der Waals surface area (Å²) in [7, 11) is 0. The number of hydrogen-bond acceptors (Lipinski definition) is 3. The van der Waals surface area contributed by atoms with E-state index >= 15 is 0 Å². The van der Waals surface area contributed by atoms with Gasteiger partial charge in [0.05, 0.1) is 17.7 Å². The zero-order valence-electron chi connectivity index (χ0n) is 9.18. The van der Waals surface area contributed by atoms with Crippen LogP contribution in [0.2, 0.25) is 0 Å². The van der Waals surface area contributed by atoms with Crippen LogP contribution in [-0.4, -0.2) is 33.8 Å². The number of fused-ring (bicyclic) bond motifs is 1. The molecule has 0 saturated heterocycles. The Labute approximate surface area is 97.9 Å². The summed E-state index contributed by atoms with van der Waals surface area (Å²) < 4.78 is 0. The molecule has 5 N–H and O–H groups in total. The Balaban J connectivity index is 2.47. The molecule has 1 heterocycles. The Morgan fingerprint density at radius 1 is 1.47 bits per heavy atom. The highest BCUT2D eigenvalue weighted by Crippen LogP contribution is 2.22. The molecule has 0 amide bonds. The third-order valence-corrected chi connectivity index (χ3v) is 2.75. The van der Waals surface area contributed by atoms with Crippen LogP contribution in [0.4, 0.5) is 0 Å². The number of aliphatic hydroxyl groups excluding tert-OH is 1. The van der Waals surface area contributed by atoms with Crippen LogP contribution in [-0.2, 0) is 6.42 Å². The molecule has 1 atom stereocenters. The molecular formula is C12H14N2O3. The predicted molar refractivity (Wildman–Crippen MR) is 64.0 cm³/mol. The topological polar surface area (TPSA) is 99.3 Å². The number of aromatic amines is 1. The molecule has 2 rings (SSSR count). The van der Waals surface area contributed by atoms with Crippen LogP contribution < -0.4 is 5.73 Å². The van der Waals surface area contributed by atoms with Crippen LogP contribution in [0, 0.1) is 0 Å². The molecule has 0 aliphatic rings. The molecule has 5 heteroatoms. The highest BCUT2D eigenvalue weighted by atomic mass is 16.4. The number of hydrogen-bond donors (Lipinski definition) is 4. The van der Waals surface area contributed by atoms with Crippen LogP contribution in [0.3, 0.4) is 0 Å². The summed E-state index contributed by atoms with van der Waals surface area (Å²) in [4.78, 5) is 14.0. The Morgan fingerprint density at radius 3 is 2.88 bits per heavy atom. The second-order valence-corrected chi connectivity index (χ2v) is 3.99. The van der Waals surface area contributed by atoms with Crippen molar-refractivity contribution >= 4 is 16.9 Å². The van der Waals surface area contributed by atoms with Crippen molar-refractivity contribution in [3.63, 3.8) is 0 Å². The third-order valence-electron chi connectivity index (χ3n) is 2.75. The van der Waals surface area contributed by atoms with Crippen LogP contribution in [0.25, 0.3) is 10.9 Å². The smallest absolute Gasteiger partial charge is 0.337 e. The average Bonchev–Trinajstić information content (AvgIpc) is 2.72. The first-order valence-electron chi connectivity index (χ1n) is 5.32. The number of rotatable bonds is 4.